The van der Waals surface area contributed by atoms with Crippen molar-refractivity contribution < 1.29 is 17.9 Å². The maximum Gasteiger partial charge on any atom is 0.416 e. The second-order valence-corrected chi connectivity index (χ2v) is 4.10. The molecule has 0 bridgehead atoms. The van der Waals surface area contributed by atoms with Crippen molar-refractivity contribution in [2.45, 2.75) is 13.1 Å². The molecule has 0 N–H and O–H groups in total. The van der Waals surface area contributed by atoms with E-state index in [9.17, 15) is 13.2 Å². The maximum absolute atomic E-state index is 12.8. The van der Waals surface area contributed by atoms with Crippen molar-refractivity contribution >= 4 is 5.69 Å². The van der Waals surface area contributed by atoms with Gasteiger partial charge in [-0.25, -0.2) is 0 Å². The van der Waals surface area contributed by atoms with Gasteiger partial charge in [0.25, 0.3) is 0 Å². The van der Waals surface area contributed by atoms with E-state index in [4.69, 9.17) is 4.74 Å². The van der Waals surface area contributed by atoms with Crippen LogP contribution in [0.3, 0.4) is 0 Å². The summed E-state index contributed by atoms with van der Waals surface area (Å²) in [5.74, 6) is 0. The molecule has 17 heavy (non-hydrogen) atoms. The third kappa shape index (κ3) is 2.72. The third-order valence-corrected chi connectivity index (χ3v) is 2.90. The summed E-state index contributed by atoms with van der Waals surface area (Å²) in [6.07, 6.45) is -4.29. The van der Waals surface area contributed by atoms with Crippen molar-refractivity contribution in [3.63, 3.8) is 0 Å². The van der Waals surface area contributed by atoms with Crippen LogP contribution in [0.2, 0.25) is 0 Å². The van der Waals surface area contributed by atoms with Crippen molar-refractivity contribution in [1.82, 2.24) is 0 Å². The fraction of sp³-hybridized carbons (Fsp3) is 0.500. The maximum atomic E-state index is 12.8. The van der Waals surface area contributed by atoms with Crippen molar-refractivity contribution in [2.75, 3.05) is 31.2 Å². The molecule has 1 aromatic carbocycles. The highest BCUT2D eigenvalue weighted by atomic mass is 19.4. The van der Waals surface area contributed by atoms with Gasteiger partial charge < -0.3 is 9.64 Å². The smallest absolute Gasteiger partial charge is 0.378 e. The van der Waals surface area contributed by atoms with Crippen molar-refractivity contribution in [2.24, 2.45) is 0 Å². The number of benzene rings is 1. The Morgan fingerprint density at radius 1 is 1.18 bits per heavy atom. The van der Waals surface area contributed by atoms with Crippen LogP contribution in [0.25, 0.3) is 0 Å². The SMILES string of the molecule is Cc1ccc(N2CCOCC2)cc1C(F)(F)F. The van der Waals surface area contributed by atoms with Crippen LogP contribution >= 0.6 is 0 Å². The van der Waals surface area contributed by atoms with Crippen LogP contribution in [0.1, 0.15) is 11.1 Å². The molecule has 0 atom stereocenters. The zero-order valence-electron chi connectivity index (χ0n) is 9.55. The molecule has 5 heteroatoms. The molecule has 1 aliphatic heterocycles. The van der Waals surface area contributed by atoms with Crippen molar-refractivity contribution in [1.29, 1.82) is 0 Å². The molecule has 0 aromatic heterocycles. The lowest BCUT2D eigenvalue weighted by Gasteiger charge is -2.29. The summed E-state index contributed by atoms with van der Waals surface area (Å²) in [5.41, 5.74) is 0.322. The molecule has 1 saturated heterocycles. The molecule has 1 aliphatic rings. The van der Waals surface area contributed by atoms with Gasteiger partial charge in [-0.3, -0.25) is 0 Å². The molecule has 94 valence electrons. The first kappa shape index (κ1) is 12.2. The average Bonchev–Trinajstić information content (AvgIpc) is 2.29. The van der Waals surface area contributed by atoms with Gasteiger partial charge in [0.05, 0.1) is 18.8 Å². The van der Waals surface area contributed by atoms with Gasteiger partial charge in [-0.1, -0.05) is 6.07 Å². The van der Waals surface area contributed by atoms with E-state index in [2.05, 4.69) is 0 Å². The first-order chi connectivity index (χ1) is 7.98. The van der Waals surface area contributed by atoms with Crippen LogP contribution < -0.4 is 4.90 Å². The highest BCUT2D eigenvalue weighted by Crippen LogP contribution is 2.34. The number of halogens is 3. The summed E-state index contributed by atoms with van der Waals surface area (Å²) in [6, 6.07) is 4.48. The van der Waals surface area contributed by atoms with Crippen LogP contribution in [0, 0.1) is 6.92 Å². The lowest BCUT2D eigenvalue weighted by molar-refractivity contribution is -0.138. The van der Waals surface area contributed by atoms with Gasteiger partial charge >= 0.3 is 6.18 Å². The van der Waals surface area contributed by atoms with Gasteiger partial charge in [0.2, 0.25) is 0 Å². The van der Waals surface area contributed by atoms with E-state index in [1.165, 1.54) is 19.1 Å². The number of hydrogen-bond donors (Lipinski definition) is 0. The lowest BCUT2D eigenvalue weighted by atomic mass is 10.1. The highest BCUT2D eigenvalue weighted by molar-refractivity contribution is 5.52. The molecule has 0 aliphatic carbocycles. The van der Waals surface area contributed by atoms with Crippen LogP contribution in [0.5, 0.6) is 0 Å². The summed E-state index contributed by atoms with van der Waals surface area (Å²) in [7, 11) is 0. The highest BCUT2D eigenvalue weighted by Gasteiger charge is 2.32. The van der Waals surface area contributed by atoms with Crippen LogP contribution in [-0.2, 0) is 10.9 Å². The van der Waals surface area contributed by atoms with E-state index >= 15 is 0 Å². The summed E-state index contributed by atoms with van der Waals surface area (Å²) >= 11 is 0. The van der Waals surface area contributed by atoms with E-state index in [1.807, 2.05) is 4.90 Å². The number of rotatable bonds is 1. The van der Waals surface area contributed by atoms with E-state index < -0.39 is 11.7 Å². The predicted octanol–water partition coefficient (Wildman–Crippen LogP) is 2.85. The molecule has 2 rings (SSSR count). The number of anilines is 1. The first-order valence-corrected chi connectivity index (χ1v) is 5.49. The van der Waals surface area contributed by atoms with Crippen molar-refractivity contribution in [3.8, 4) is 0 Å². The number of hydrogen-bond acceptors (Lipinski definition) is 2. The molecule has 0 radical (unpaired) electrons. The molecule has 1 aromatic rings. The van der Waals surface area contributed by atoms with Crippen LogP contribution in [-0.4, -0.2) is 26.3 Å². The number of ether oxygens (including phenoxy) is 1. The molecular formula is C12H14F3NO. The molecule has 2 nitrogen and oxygen atoms in total. The molecule has 0 unspecified atom stereocenters. The Morgan fingerprint density at radius 3 is 2.41 bits per heavy atom. The standard InChI is InChI=1S/C12H14F3NO/c1-9-2-3-10(8-11(9)12(13,14)15)16-4-6-17-7-5-16/h2-3,8H,4-7H2,1H3. The zero-order valence-corrected chi connectivity index (χ0v) is 9.55. The minimum Gasteiger partial charge on any atom is -0.378 e. The number of alkyl halides is 3. The second kappa shape index (κ2) is 4.56. The largest absolute Gasteiger partial charge is 0.416 e. The molecule has 0 spiro atoms. The molecule has 0 saturated carbocycles. The van der Waals surface area contributed by atoms with Gasteiger partial charge in [-0.15, -0.1) is 0 Å². The fourth-order valence-electron chi connectivity index (χ4n) is 1.93. The Balaban J connectivity index is 2.30. The Kier molecular flexibility index (Phi) is 3.28. The Labute approximate surface area is 98.0 Å². The molecule has 1 fully saturated rings. The third-order valence-electron chi connectivity index (χ3n) is 2.90. The Hall–Kier alpha value is -1.23. The summed E-state index contributed by atoms with van der Waals surface area (Å²) in [6.45, 7) is 3.89. The zero-order chi connectivity index (χ0) is 12.5. The monoisotopic (exact) mass is 245 g/mol. The van der Waals surface area contributed by atoms with E-state index in [-0.39, 0.29) is 5.56 Å². The Morgan fingerprint density at radius 2 is 1.82 bits per heavy atom. The van der Waals surface area contributed by atoms with E-state index in [1.54, 1.807) is 6.07 Å². The van der Waals surface area contributed by atoms with Crippen molar-refractivity contribution in [3.05, 3.63) is 29.3 Å². The molecular weight excluding hydrogens is 231 g/mol. The summed E-state index contributed by atoms with van der Waals surface area (Å²) in [5, 5.41) is 0. The van der Waals surface area contributed by atoms with Crippen LogP contribution in [0.15, 0.2) is 18.2 Å². The fourth-order valence-corrected chi connectivity index (χ4v) is 1.93. The topological polar surface area (TPSA) is 12.5 Å². The van der Waals surface area contributed by atoms with Gasteiger partial charge in [0.1, 0.15) is 0 Å². The van der Waals surface area contributed by atoms with Crippen LogP contribution in [0.4, 0.5) is 18.9 Å². The summed E-state index contributed by atoms with van der Waals surface area (Å²) in [4.78, 5) is 1.91. The average molecular weight is 245 g/mol. The van der Waals surface area contributed by atoms with Gasteiger partial charge in [0.15, 0.2) is 0 Å². The summed E-state index contributed by atoms with van der Waals surface area (Å²) < 4.78 is 43.4. The Bertz CT molecular complexity index is 397. The number of nitrogens with zero attached hydrogens (tertiary/aromatic N) is 1. The van der Waals surface area contributed by atoms with E-state index in [0.29, 0.717) is 32.0 Å². The normalized spacial score (nSPS) is 17.3. The number of aryl methyl sites for hydroxylation is 1. The molecule has 1 heterocycles. The predicted molar refractivity (Wildman–Crippen MR) is 59.2 cm³/mol. The lowest BCUT2D eigenvalue weighted by Crippen LogP contribution is -2.36. The van der Waals surface area contributed by atoms with E-state index in [0.717, 1.165) is 0 Å². The first-order valence-electron chi connectivity index (χ1n) is 5.49. The van der Waals surface area contributed by atoms with Gasteiger partial charge in [0, 0.05) is 18.8 Å². The van der Waals surface area contributed by atoms with Gasteiger partial charge in [-0.2, -0.15) is 13.2 Å². The molecule has 0 amide bonds. The number of morpholine rings is 1. The second-order valence-electron chi connectivity index (χ2n) is 4.10. The minimum atomic E-state index is -4.29. The van der Waals surface area contributed by atoms with Gasteiger partial charge in [-0.05, 0) is 24.6 Å². The minimum absolute atomic E-state index is 0.259. The quantitative estimate of drug-likeness (QED) is 0.754.